The lowest BCUT2D eigenvalue weighted by Gasteiger charge is -2.21. The van der Waals surface area contributed by atoms with E-state index in [2.05, 4.69) is 30.0 Å². The van der Waals surface area contributed by atoms with Crippen molar-refractivity contribution < 1.29 is 14.3 Å². The first-order valence-electron chi connectivity index (χ1n) is 9.59. The summed E-state index contributed by atoms with van der Waals surface area (Å²) >= 11 is 5.09. The van der Waals surface area contributed by atoms with Crippen LogP contribution in [0.15, 0.2) is 24.3 Å². The minimum atomic E-state index is -0.353. The molecule has 1 saturated carbocycles. The van der Waals surface area contributed by atoms with Crippen molar-refractivity contribution in [1.82, 2.24) is 16.2 Å². The molecule has 0 bridgehead atoms. The Labute approximate surface area is 166 Å². The van der Waals surface area contributed by atoms with Crippen molar-refractivity contribution in [3.8, 4) is 5.75 Å². The van der Waals surface area contributed by atoms with Gasteiger partial charge in [-0.2, -0.15) is 0 Å². The molecule has 1 aliphatic carbocycles. The molecular formula is C20H29N3O3S. The summed E-state index contributed by atoms with van der Waals surface area (Å²) in [5.41, 5.74) is 5.64. The van der Waals surface area contributed by atoms with Gasteiger partial charge in [0.25, 0.3) is 5.91 Å². The lowest BCUT2D eigenvalue weighted by Crippen LogP contribution is -2.50. The average Bonchev–Trinajstić information content (AvgIpc) is 2.66. The third-order valence-corrected chi connectivity index (χ3v) is 4.77. The predicted molar refractivity (Wildman–Crippen MR) is 109 cm³/mol. The molecule has 0 atom stereocenters. The zero-order chi connectivity index (χ0) is 19.6. The molecule has 27 heavy (non-hydrogen) atoms. The minimum absolute atomic E-state index is 0.0180. The Morgan fingerprint density at radius 3 is 2.63 bits per heavy atom. The van der Waals surface area contributed by atoms with Gasteiger partial charge in [0.1, 0.15) is 5.75 Å². The van der Waals surface area contributed by atoms with Crippen LogP contribution in [0.3, 0.4) is 0 Å². The predicted octanol–water partition coefficient (Wildman–Crippen LogP) is 3.33. The smallest absolute Gasteiger partial charge is 0.257 e. The fourth-order valence-corrected chi connectivity index (χ4v) is 3.08. The first-order chi connectivity index (χ1) is 13.0. The highest BCUT2D eigenvalue weighted by Crippen LogP contribution is 2.23. The monoisotopic (exact) mass is 391 g/mol. The number of nitrogens with one attached hydrogen (secondary N) is 3. The number of hydrogen-bond acceptors (Lipinski definition) is 4. The second-order valence-corrected chi connectivity index (χ2v) is 7.70. The van der Waals surface area contributed by atoms with Crippen LogP contribution in [0.5, 0.6) is 5.75 Å². The molecule has 1 fully saturated rings. The molecule has 0 radical (unpaired) electrons. The third-order valence-electron chi connectivity index (χ3n) is 4.56. The van der Waals surface area contributed by atoms with Crippen LogP contribution in [0.1, 0.15) is 62.7 Å². The maximum absolute atomic E-state index is 12.3. The summed E-state index contributed by atoms with van der Waals surface area (Å²) in [4.78, 5) is 24.4. The van der Waals surface area contributed by atoms with Gasteiger partial charge in [0.15, 0.2) is 5.11 Å². The number of hydrogen-bond donors (Lipinski definition) is 3. The highest BCUT2D eigenvalue weighted by molar-refractivity contribution is 7.80. The number of ether oxygens (including phenoxy) is 1. The van der Waals surface area contributed by atoms with Crippen molar-refractivity contribution in [1.29, 1.82) is 0 Å². The molecule has 0 saturated heterocycles. The summed E-state index contributed by atoms with van der Waals surface area (Å²) in [6.45, 7) is 4.87. The van der Waals surface area contributed by atoms with Gasteiger partial charge in [-0.3, -0.25) is 25.8 Å². The van der Waals surface area contributed by atoms with Crippen molar-refractivity contribution in [2.24, 2.45) is 11.8 Å². The lowest BCUT2D eigenvalue weighted by atomic mass is 9.89. The second-order valence-electron chi connectivity index (χ2n) is 7.29. The van der Waals surface area contributed by atoms with E-state index in [1.165, 1.54) is 6.42 Å². The molecule has 2 amide bonds. The van der Waals surface area contributed by atoms with E-state index in [0.717, 1.165) is 32.1 Å². The van der Waals surface area contributed by atoms with E-state index in [0.29, 0.717) is 23.8 Å². The average molecular weight is 392 g/mol. The molecule has 3 N–H and O–H groups in total. The molecule has 1 aromatic carbocycles. The SMILES string of the molecule is CC(C)CCOc1cccc(C(=O)NC(=S)NNC(=O)C2CCCCC2)c1. The molecule has 7 heteroatoms. The molecule has 0 unspecified atom stereocenters. The Morgan fingerprint density at radius 1 is 1.19 bits per heavy atom. The molecule has 0 aromatic heterocycles. The van der Waals surface area contributed by atoms with Crippen LogP contribution in [0, 0.1) is 11.8 Å². The van der Waals surface area contributed by atoms with E-state index < -0.39 is 0 Å². The molecule has 0 spiro atoms. The van der Waals surface area contributed by atoms with E-state index in [-0.39, 0.29) is 22.8 Å². The van der Waals surface area contributed by atoms with Crippen LogP contribution in [0.4, 0.5) is 0 Å². The van der Waals surface area contributed by atoms with Crippen LogP contribution >= 0.6 is 12.2 Å². The van der Waals surface area contributed by atoms with Gasteiger partial charge in [-0.15, -0.1) is 0 Å². The van der Waals surface area contributed by atoms with Crippen molar-refractivity contribution >= 4 is 29.1 Å². The van der Waals surface area contributed by atoms with Crippen LogP contribution in [-0.2, 0) is 4.79 Å². The van der Waals surface area contributed by atoms with Crippen LogP contribution in [-0.4, -0.2) is 23.5 Å². The molecule has 0 aliphatic heterocycles. The quantitative estimate of drug-likeness (QED) is 0.512. The number of hydrazine groups is 1. The number of carbonyl (C=O) groups is 2. The van der Waals surface area contributed by atoms with Gasteiger partial charge >= 0.3 is 0 Å². The van der Waals surface area contributed by atoms with Gasteiger partial charge in [0.2, 0.25) is 5.91 Å². The van der Waals surface area contributed by atoms with E-state index in [1.54, 1.807) is 18.2 Å². The highest BCUT2D eigenvalue weighted by atomic mass is 32.1. The van der Waals surface area contributed by atoms with Crippen LogP contribution < -0.4 is 20.9 Å². The maximum Gasteiger partial charge on any atom is 0.257 e. The number of amides is 2. The molecular weight excluding hydrogens is 362 g/mol. The Morgan fingerprint density at radius 2 is 1.93 bits per heavy atom. The standard InChI is InChI=1S/C20H29N3O3S/c1-14(2)11-12-26-17-10-6-9-16(13-17)18(24)21-20(27)23-22-19(25)15-7-4-3-5-8-15/h6,9-10,13-15H,3-5,7-8,11-12H2,1-2H3,(H,22,25)(H2,21,23,24,27). The summed E-state index contributed by atoms with van der Waals surface area (Å²) in [5, 5.41) is 2.63. The number of rotatable bonds is 6. The molecule has 0 heterocycles. The Bertz CT molecular complexity index is 658. The van der Waals surface area contributed by atoms with Gasteiger partial charge < -0.3 is 4.74 Å². The van der Waals surface area contributed by atoms with Gasteiger partial charge in [0.05, 0.1) is 6.61 Å². The van der Waals surface area contributed by atoms with Gasteiger partial charge in [-0.05, 0) is 55.6 Å². The third kappa shape index (κ3) is 7.54. The first kappa shape index (κ1) is 21.2. The lowest BCUT2D eigenvalue weighted by molar-refractivity contribution is -0.126. The largest absolute Gasteiger partial charge is 0.494 e. The fraction of sp³-hybridized carbons (Fsp3) is 0.550. The highest BCUT2D eigenvalue weighted by Gasteiger charge is 2.21. The minimum Gasteiger partial charge on any atom is -0.494 e. The van der Waals surface area contributed by atoms with E-state index in [4.69, 9.17) is 17.0 Å². The normalized spacial score (nSPS) is 14.5. The summed E-state index contributed by atoms with van der Waals surface area (Å²) < 4.78 is 5.67. The zero-order valence-corrected chi connectivity index (χ0v) is 16.9. The Hall–Kier alpha value is -2.15. The zero-order valence-electron chi connectivity index (χ0n) is 16.0. The van der Waals surface area contributed by atoms with Crippen LogP contribution in [0.25, 0.3) is 0 Å². The second kappa shape index (κ2) is 10.9. The van der Waals surface area contributed by atoms with Crippen molar-refractivity contribution in [3.63, 3.8) is 0 Å². The molecule has 1 aliphatic rings. The topological polar surface area (TPSA) is 79.5 Å². The molecule has 1 aromatic rings. The number of benzene rings is 1. The van der Waals surface area contributed by atoms with Crippen molar-refractivity contribution in [2.75, 3.05) is 6.61 Å². The fourth-order valence-electron chi connectivity index (χ4n) is 2.93. The van der Waals surface area contributed by atoms with E-state index in [1.807, 2.05) is 6.07 Å². The summed E-state index contributed by atoms with van der Waals surface area (Å²) in [6, 6.07) is 6.95. The van der Waals surface area contributed by atoms with Gasteiger partial charge in [0, 0.05) is 11.5 Å². The first-order valence-corrected chi connectivity index (χ1v) is 10.0. The molecule has 6 nitrogen and oxygen atoms in total. The van der Waals surface area contributed by atoms with E-state index in [9.17, 15) is 9.59 Å². The van der Waals surface area contributed by atoms with Gasteiger partial charge in [-0.1, -0.05) is 39.2 Å². The Kier molecular flexibility index (Phi) is 8.51. The summed E-state index contributed by atoms with van der Waals surface area (Å²) in [5.74, 6) is 0.793. The van der Waals surface area contributed by atoms with Gasteiger partial charge in [-0.25, -0.2) is 0 Å². The van der Waals surface area contributed by atoms with Crippen molar-refractivity contribution in [2.45, 2.75) is 52.4 Å². The number of thiocarbonyl (C=S) groups is 1. The number of carbonyl (C=O) groups excluding carboxylic acids is 2. The summed E-state index contributed by atoms with van der Waals surface area (Å²) in [6.07, 6.45) is 6.09. The molecule has 2 rings (SSSR count). The van der Waals surface area contributed by atoms with Crippen molar-refractivity contribution in [3.05, 3.63) is 29.8 Å². The Balaban J connectivity index is 1.78. The van der Waals surface area contributed by atoms with E-state index >= 15 is 0 Å². The maximum atomic E-state index is 12.3. The summed E-state index contributed by atoms with van der Waals surface area (Å²) in [7, 11) is 0. The molecule has 148 valence electrons. The van der Waals surface area contributed by atoms with Crippen LogP contribution in [0.2, 0.25) is 0 Å².